The highest BCUT2D eigenvalue weighted by atomic mass is 16.2. The van der Waals surface area contributed by atoms with Crippen LogP contribution in [0.2, 0.25) is 0 Å². The van der Waals surface area contributed by atoms with Gasteiger partial charge in [0.2, 0.25) is 0 Å². The number of urea groups is 1. The molecule has 0 aliphatic rings. The van der Waals surface area contributed by atoms with Crippen LogP contribution in [0.1, 0.15) is 26.3 Å². The number of para-hydroxylation sites is 1. The van der Waals surface area contributed by atoms with Crippen molar-refractivity contribution in [3.05, 3.63) is 29.8 Å². The summed E-state index contributed by atoms with van der Waals surface area (Å²) in [6.07, 6.45) is 0.975. The number of carbonyl (C=O) groups is 1. The molecule has 3 nitrogen and oxygen atoms in total. The first-order chi connectivity index (χ1) is 7.63. The number of benzene rings is 1. The van der Waals surface area contributed by atoms with E-state index in [9.17, 15) is 4.79 Å². The van der Waals surface area contributed by atoms with Gasteiger partial charge in [-0.05, 0) is 30.9 Å². The van der Waals surface area contributed by atoms with Gasteiger partial charge >= 0.3 is 6.03 Å². The fourth-order valence-corrected chi connectivity index (χ4v) is 1.59. The summed E-state index contributed by atoms with van der Waals surface area (Å²) in [6, 6.07) is 7.79. The molecule has 0 aromatic heterocycles. The van der Waals surface area contributed by atoms with Crippen LogP contribution in [0.15, 0.2) is 24.3 Å². The summed E-state index contributed by atoms with van der Waals surface area (Å²) in [5, 5.41) is 5.59. The Kier molecular flexibility index (Phi) is 4.83. The first kappa shape index (κ1) is 12.6. The summed E-state index contributed by atoms with van der Waals surface area (Å²) in [4.78, 5) is 11.4. The first-order valence-corrected chi connectivity index (χ1v) is 5.76. The number of hydrogen-bond acceptors (Lipinski definition) is 1. The van der Waals surface area contributed by atoms with Gasteiger partial charge in [-0.1, -0.05) is 32.0 Å². The van der Waals surface area contributed by atoms with Gasteiger partial charge in [0, 0.05) is 12.2 Å². The van der Waals surface area contributed by atoms with Gasteiger partial charge in [0.25, 0.3) is 0 Å². The van der Waals surface area contributed by atoms with Crippen LogP contribution < -0.4 is 10.6 Å². The van der Waals surface area contributed by atoms with Crippen molar-refractivity contribution < 1.29 is 4.79 Å². The van der Waals surface area contributed by atoms with Gasteiger partial charge in [0.15, 0.2) is 0 Å². The van der Waals surface area contributed by atoms with Gasteiger partial charge < -0.3 is 10.6 Å². The lowest BCUT2D eigenvalue weighted by atomic mass is 10.0. The topological polar surface area (TPSA) is 41.1 Å². The van der Waals surface area contributed by atoms with Gasteiger partial charge in [0.05, 0.1) is 0 Å². The molecule has 1 rings (SSSR count). The van der Waals surface area contributed by atoms with Gasteiger partial charge in [-0.25, -0.2) is 4.79 Å². The zero-order chi connectivity index (χ0) is 12.0. The van der Waals surface area contributed by atoms with E-state index in [0.29, 0.717) is 12.5 Å². The van der Waals surface area contributed by atoms with Gasteiger partial charge in [-0.2, -0.15) is 0 Å². The molecule has 88 valence electrons. The van der Waals surface area contributed by atoms with E-state index in [1.807, 2.05) is 25.1 Å². The standard InChI is InChI=1S/C13H20N2O/c1-4-14-13(16)15-12-8-6-5-7-11(12)9-10(2)3/h5-8,10H,4,9H2,1-3H3,(H2,14,15,16). The van der Waals surface area contributed by atoms with Crippen molar-refractivity contribution in [3.63, 3.8) is 0 Å². The van der Waals surface area contributed by atoms with E-state index in [2.05, 4.69) is 30.5 Å². The van der Waals surface area contributed by atoms with E-state index in [-0.39, 0.29) is 6.03 Å². The molecule has 0 unspecified atom stereocenters. The summed E-state index contributed by atoms with van der Waals surface area (Å²) in [6.45, 7) is 6.88. The second kappa shape index (κ2) is 6.16. The zero-order valence-corrected chi connectivity index (χ0v) is 10.2. The summed E-state index contributed by atoms with van der Waals surface area (Å²) in [5.74, 6) is 0.581. The maximum absolute atomic E-state index is 11.4. The summed E-state index contributed by atoms with van der Waals surface area (Å²) in [7, 11) is 0. The molecule has 2 amide bonds. The quantitative estimate of drug-likeness (QED) is 0.804. The van der Waals surface area contributed by atoms with Crippen molar-refractivity contribution in [2.45, 2.75) is 27.2 Å². The second-order valence-electron chi connectivity index (χ2n) is 4.24. The maximum Gasteiger partial charge on any atom is 0.319 e. The van der Waals surface area contributed by atoms with Crippen molar-refractivity contribution in [1.82, 2.24) is 5.32 Å². The van der Waals surface area contributed by atoms with E-state index >= 15 is 0 Å². The molecule has 0 spiro atoms. The highest BCUT2D eigenvalue weighted by Crippen LogP contribution is 2.18. The molecular formula is C13H20N2O. The van der Waals surface area contributed by atoms with Crippen LogP contribution in [0.5, 0.6) is 0 Å². The highest BCUT2D eigenvalue weighted by Gasteiger charge is 2.06. The normalized spacial score (nSPS) is 10.2. The van der Waals surface area contributed by atoms with E-state index in [4.69, 9.17) is 0 Å². The predicted octanol–water partition coefficient (Wildman–Crippen LogP) is 3.03. The van der Waals surface area contributed by atoms with Gasteiger partial charge in [0.1, 0.15) is 0 Å². The molecule has 0 heterocycles. The third-order valence-corrected chi connectivity index (χ3v) is 2.23. The third-order valence-electron chi connectivity index (χ3n) is 2.23. The molecule has 1 aromatic rings. The van der Waals surface area contributed by atoms with Crippen molar-refractivity contribution in [2.75, 3.05) is 11.9 Å². The molecule has 3 heteroatoms. The highest BCUT2D eigenvalue weighted by molar-refractivity contribution is 5.90. The average Bonchev–Trinajstić information content (AvgIpc) is 2.20. The predicted molar refractivity (Wildman–Crippen MR) is 67.7 cm³/mol. The summed E-state index contributed by atoms with van der Waals surface area (Å²) < 4.78 is 0. The Morgan fingerprint density at radius 3 is 2.62 bits per heavy atom. The average molecular weight is 220 g/mol. The van der Waals surface area contributed by atoms with Gasteiger partial charge in [-0.15, -0.1) is 0 Å². The van der Waals surface area contributed by atoms with E-state index in [0.717, 1.165) is 12.1 Å². The number of carbonyl (C=O) groups excluding carboxylic acids is 1. The van der Waals surface area contributed by atoms with Crippen LogP contribution in [0.25, 0.3) is 0 Å². The Bertz CT molecular complexity index is 348. The number of nitrogens with one attached hydrogen (secondary N) is 2. The Morgan fingerprint density at radius 1 is 1.31 bits per heavy atom. The lowest BCUT2D eigenvalue weighted by Crippen LogP contribution is -2.28. The minimum atomic E-state index is -0.140. The summed E-state index contributed by atoms with van der Waals surface area (Å²) in [5.41, 5.74) is 2.09. The van der Waals surface area contributed by atoms with Crippen LogP contribution >= 0.6 is 0 Å². The molecule has 16 heavy (non-hydrogen) atoms. The zero-order valence-electron chi connectivity index (χ0n) is 10.2. The minimum Gasteiger partial charge on any atom is -0.338 e. The Balaban J connectivity index is 2.74. The lowest BCUT2D eigenvalue weighted by molar-refractivity contribution is 0.252. The van der Waals surface area contributed by atoms with Crippen molar-refractivity contribution in [3.8, 4) is 0 Å². The molecule has 0 saturated heterocycles. The van der Waals surface area contributed by atoms with Crippen LogP contribution in [-0.2, 0) is 6.42 Å². The fourth-order valence-electron chi connectivity index (χ4n) is 1.59. The maximum atomic E-state index is 11.4. The largest absolute Gasteiger partial charge is 0.338 e. The molecule has 0 atom stereocenters. The number of amides is 2. The second-order valence-corrected chi connectivity index (χ2v) is 4.24. The number of hydrogen-bond donors (Lipinski definition) is 2. The smallest absolute Gasteiger partial charge is 0.319 e. The van der Waals surface area contributed by atoms with E-state index < -0.39 is 0 Å². The number of rotatable bonds is 4. The molecule has 0 radical (unpaired) electrons. The molecule has 0 bridgehead atoms. The molecular weight excluding hydrogens is 200 g/mol. The van der Waals surface area contributed by atoms with Crippen LogP contribution in [0.3, 0.4) is 0 Å². The molecule has 1 aromatic carbocycles. The third kappa shape index (κ3) is 3.93. The fraction of sp³-hybridized carbons (Fsp3) is 0.462. The first-order valence-electron chi connectivity index (χ1n) is 5.76. The van der Waals surface area contributed by atoms with E-state index in [1.54, 1.807) is 0 Å². The molecule has 0 fully saturated rings. The SMILES string of the molecule is CCNC(=O)Nc1ccccc1CC(C)C. The monoisotopic (exact) mass is 220 g/mol. The minimum absolute atomic E-state index is 0.140. The van der Waals surface area contributed by atoms with Crippen LogP contribution in [-0.4, -0.2) is 12.6 Å². The van der Waals surface area contributed by atoms with Crippen LogP contribution in [0, 0.1) is 5.92 Å². The Morgan fingerprint density at radius 2 is 2.00 bits per heavy atom. The van der Waals surface area contributed by atoms with Gasteiger partial charge in [-0.3, -0.25) is 0 Å². The van der Waals surface area contributed by atoms with Crippen molar-refractivity contribution in [2.24, 2.45) is 5.92 Å². The Labute approximate surface area is 97.2 Å². The molecule has 2 N–H and O–H groups in total. The van der Waals surface area contributed by atoms with Crippen LogP contribution in [0.4, 0.5) is 10.5 Å². The van der Waals surface area contributed by atoms with Crippen molar-refractivity contribution in [1.29, 1.82) is 0 Å². The summed E-state index contributed by atoms with van der Waals surface area (Å²) >= 11 is 0. The molecule has 0 saturated carbocycles. The lowest BCUT2D eigenvalue weighted by Gasteiger charge is -2.12. The van der Waals surface area contributed by atoms with Crippen molar-refractivity contribution >= 4 is 11.7 Å². The van der Waals surface area contributed by atoms with E-state index in [1.165, 1.54) is 5.56 Å². The number of anilines is 1. The Hall–Kier alpha value is -1.51. The molecule has 0 aliphatic heterocycles. The molecule has 0 aliphatic carbocycles.